The van der Waals surface area contributed by atoms with Gasteiger partial charge < -0.3 is 5.73 Å². The lowest BCUT2D eigenvalue weighted by atomic mass is 10.0. The summed E-state index contributed by atoms with van der Waals surface area (Å²) < 4.78 is 0. The summed E-state index contributed by atoms with van der Waals surface area (Å²) in [6.07, 6.45) is 3.80. The van der Waals surface area contributed by atoms with E-state index in [-0.39, 0.29) is 5.91 Å². The molecule has 0 spiro atoms. The molecule has 1 aromatic heterocycles. The van der Waals surface area contributed by atoms with Gasteiger partial charge in [-0.3, -0.25) is 9.78 Å². The Bertz CT molecular complexity index is 653. The van der Waals surface area contributed by atoms with Gasteiger partial charge in [-0.1, -0.05) is 60.7 Å². The maximum Gasteiger partial charge on any atom is 0.221 e. The predicted octanol–water partition coefficient (Wildman–Crippen LogP) is 3.46. The van der Waals surface area contributed by atoms with E-state index in [1.54, 1.807) is 12.4 Å². The summed E-state index contributed by atoms with van der Waals surface area (Å²) in [5.41, 5.74) is 8.41. The van der Waals surface area contributed by atoms with Crippen molar-refractivity contribution in [3.05, 3.63) is 90.8 Å². The van der Waals surface area contributed by atoms with Crippen LogP contribution < -0.4 is 5.73 Å². The third-order valence-corrected chi connectivity index (χ3v) is 3.01. The standard InChI is InChI=1S/C14H13NO.C5H5N/c15-14(16)10-11-6-8-13(9-7-11)12-4-2-1-3-5-12;1-2-4-6-5-3-1/h1-9H,10H2,(H2,15,16);1-5H. The van der Waals surface area contributed by atoms with Crippen molar-refractivity contribution >= 4 is 5.91 Å². The molecule has 3 heteroatoms. The van der Waals surface area contributed by atoms with E-state index < -0.39 is 0 Å². The van der Waals surface area contributed by atoms with Crippen LogP contribution in [-0.2, 0) is 11.2 Å². The van der Waals surface area contributed by atoms with Crippen molar-refractivity contribution in [3.63, 3.8) is 0 Å². The van der Waals surface area contributed by atoms with Gasteiger partial charge in [-0.05, 0) is 28.8 Å². The van der Waals surface area contributed by atoms with E-state index in [4.69, 9.17) is 5.73 Å². The van der Waals surface area contributed by atoms with Crippen molar-refractivity contribution in [2.75, 3.05) is 0 Å². The molecule has 2 aromatic carbocycles. The normalized spacial score (nSPS) is 9.45. The Morgan fingerprint density at radius 3 is 1.77 bits per heavy atom. The number of benzene rings is 2. The Morgan fingerprint density at radius 1 is 0.773 bits per heavy atom. The van der Waals surface area contributed by atoms with E-state index in [9.17, 15) is 4.79 Å². The van der Waals surface area contributed by atoms with Crippen molar-refractivity contribution < 1.29 is 4.79 Å². The third kappa shape index (κ3) is 5.21. The van der Waals surface area contributed by atoms with Crippen molar-refractivity contribution in [1.82, 2.24) is 4.98 Å². The van der Waals surface area contributed by atoms with Crippen LogP contribution in [0.2, 0.25) is 0 Å². The number of nitrogens with two attached hydrogens (primary N) is 1. The van der Waals surface area contributed by atoms with Gasteiger partial charge in [0.2, 0.25) is 5.91 Å². The zero-order valence-corrected chi connectivity index (χ0v) is 12.2. The molecule has 0 saturated heterocycles. The van der Waals surface area contributed by atoms with Gasteiger partial charge in [-0.15, -0.1) is 0 Å². The fourth-order valence-corrected chi connectivity index (χ4v) is 1.96. The first-order chi connectivity index (χ1) is 10.8. The number of primary amides is 1. The molecule has 3 aromatic rings. The molecule has 0 saturated carbocycles. The third-order valence-electron chi connectivity index (χ3n) is 3.01. The van der Waals surface area contributed by atoms with Gasteiger partial charge in [0.1, 0.15) is 0 Å². The lowest BCUT2D eigenvalue weighted by Gasteiger charge is -2.02. The first kappa shape index (κ1) is 15.4. The monoisotopic (exact) mass is 290 g/mol. The molecule has 0 unspecified atom stereocenters. The quantitative estimate of drug-likeness (QED) is 0.803. The number of hydrogen-bond donors (Lipinski definition) is 1. The van der Waals surface area contributed by atoms with Crippen LogP contribution in [-0.4, -0.2) is 10.9 Å². The molecule has 0 aliphatic rings. The number of amides is 1. The second kappa shape index (κ2) is 8.37. The lowest BCUT2D eigenvalue weighted by molar-refractivity contribution is -0.117. The van der Waals surface area contributed by atoms with Crippen LogP contribution in [0, 0.1) is 0 Å². The molecule has 1 amide bonds. The van der Waals surface area contributed by atoms with Crippen molar-refractivity contribution in [2.24, 2.45) is 5.73 Å². The number of hydrogen-bond acceptors (Lipinski definition) is 2. The van der Waals surface area contributed by atoms with Gasteiger partial charge in [-0.25, -0.2) is 0 Å². The van der Waals surface area contributed by atoms with Gasteiger partial charge in [0.05, 0.1) is 6.42 Å². The highest BCUT2D eigenvalue weighted by Crippen LogP contribution is 2.19. The number of carbonyl (C=O) groups is 1. The molecule has 0 atom stereocenters. The highest BCUT2D eigenvalue weighted by Gasteiger charge is 1.99. The lowest BCUT2D eigenvalue weighted by Crippen LogP contribution is -2.13. The summed E-state index contributed by atoms with van der Waals surface area (Å²) in [7, 11) is 0. The Balaban J connectivity index is 0.000000246. The number of rotatable bonds is 3. The molecule has 0 fully saturated rings. The fourth-order valence-electron chi connectivity index (χ4n) is 1.96. The van der Waals surface area contributed by atoms with Gasteiger partial charge in [0.25, 0.3) is 0 Å². The molecule has 2 N–H and O–H groups in total. The average Bonchev–Trinajstić information content (AvgIpc) is 2.58. The molecule has 1 heterocycles. The Morgan fingerprint density at radius 2 is 1.32 bits per heavy atom. The molecule has 3 nitrogen and oxygen atoms in total. The number of carbonyl (C=O) groups excluding carboxylic acids is 1. The maximum atomic E-state index is 10.7. The minimum atomic E-state index is -0.299. The summed E-state index contributed by atoms with van der Waals surface area (Å²) in [5, 5.41) is 0. The van der Waals surface area contributed by atoms with Crippen LogP contribution >= 0.6 is 0 Å². The topological polar surface area (TPSA) is 56.0 Å². The fraction of sp³-hybridized carbons (Fsp3) is 0.0526. The highest BCUT2D eigenvalue weighted by atomic mass is 16.1. The minimum Gasteiger partial charge on any atom is -0.369 e. The largest absolute Gasteiger partial charge is 0.369 e. The number of pyridine rings is 1. The van der Waals surface area contributed by atoms with E-state index in [2.05, 4.69) is 17.1 Å². The molecule has 0 bridgehead atoms. The SMILES string of the molecule is NC(=O)Cc1ccc(-c2ccccc2)cc1.c1ccncc1. The molecule has 0 aliphatic carbocycles. The minimum absolute atomic E-state index is 0.299. The van der Waals surface area contributed by atoms with Crippen LogP contribution in [0.1, 0.15) is 5.56 Å². The van der Waals surface area contributed by atoms with Gasteiger partial charge in [-0.2, -0.15) is 0 Å². The summed E-state index contributed by atoms with van der Waals surface area (Å²) in [4.78, 5) is 14.5. The number of aromatic nitrogens is 1. The van der Waals surface area contributed by atoms with Crippen molar-refractivity contribution in [1.29, 1.82) is 0 Å². The first-order valence-corrected chi connectivity index (χ1v) is 7.03. The molecule has 3 rings (SSSR count). The molecule has 22 heavy (non-hydrogen) atoms. The van der Waals surface area contributed by atoms with Crippen LogP contribution in [0.5, 0.6) is 0 Å². The van der Waals surface area contributed by atoms with Gasteiger partial charge in [0.15, 0.2) is 0 Å². The summed E-state index contributed by atoms with van der Waals surface area (Å²) in [5.74, 6) is -0.299. The van der Waals surface area contributed by atoms with Crippen LogP contribution in [0.25, 0.3) is 11.1 Å². The smallest absolute Gasteiger partial charge is 0.221 e. The van der Waals surface area contributed by atoms with Crippen LogP contribution in [0.15, 0.2) is 85.2 Å². The van der Waals surface area contributed by atoms with Crippen LogP contribution in [0.3, 0.4) is 0 Å². The van der Waals surface area contributed by atoms with E-state index >= 15 is 0 Å². The molecular formula is C19H18N2O. The van der Waals surface area contributed by atoms with Crippen LogP contribution in [0.4, 0.5) is 0 Å². The number of nitrogens with zero attached hydrogens (tertiary/aromatic N) is 1. The van der Waals surface area contributed by atoms with E-state index in [0.29, 0.717) is 6.42 Å². The molecule has 0 aliphatic heterocycles. The Labute approximate surface area is 130 Å². The van der Waals surface area contributed by atoms with Crippen molar-refractivity contribution in [2.45, 2.75) is 6.42 Å². The second-order valence-corrected chi connectivity index (χ2v) is 4.73. The van der Waals surface area contributed by atoms with E-state index in [0.717, 1.165) is 11.1 Å². The first-order valence-electron chi connectivity index (χ1n) is 7.03. The summed E-state index contributed by atoms with van der Waals surface area (Å²) in [6, 6.07) is 23.7. The highest BCUT2D eigenvalue weighted by molar-refractivity contribution is 5.77. The zero-order chi connectivity index (χ0) is 15.6. The average molecular weight is 290 g/mol. The maximum absolute atomic E-state index is 10.7. The van der Waals surface area contributed by atoms with E-state index in [1.165, 1.54) is 5.56 Å². The van der Waals surface area contributed by atoms with Gasteiger partial charge in [0, 0.05) is 12.4 Å². The Hall–Kier alpha value is -2.94. The zero-order valence-electron chi connectivity index (χ0n) is 12.2. The molecular weight excluding hydrogens is 272 g/mol. The molecule has 0 radical (unpaired) electrons. The van der Waals surface area contributed by atoms with Crippen molar-refractivity contribution in [3.8, 4) is 11.1 Å². The molecule has 110 valence electrons. The summed E-state index contributed by atoms with van der Waals surface area (Å²) in [6.45, 7) is 0. The second-order valence-electron chi connectivity index (χ2n) is 4.73. The van der Waals surface area contributed by atoms with Gasteiger partial charge >= 0.3 is 0 Å². The van der Waals surface area contributed by atoms with E-state index in [1.807, 2.05) is 60.7 Å². The predicted molar refractivity (Wildman–Crippen MR) is 89.0 cm³/mol. The Kier molecular flexibility index (Phi) is 5.88. The summed E-state index contributed by atoms with van der Waals surface area (Å²) >= 11 is 0.